The second kappa shape index (κ2) is 7.77. The number of carbonyl (C=O) groups is 1. The van der Waals surface area contributed by atoms with Gasteiger partial charge in [-0.1, -0.05) is 36.4 Å². The Bertz CT molecular complexity index is 677. The van der Waals surface area contributed by atoms with Crippen LogP contribution in [0.25, 0.3) is 10.8 Å². The Morgan fingerprint density at radius 2 is 1.96 bits per heavy atom. The van der Waals surface area contributed by atoms with Crippen molar-refractivity contribution in [1.82, 2.24) is 5.32 Å². The summed E-state index contributed by atoms with van der Waals surface area (Å²) in [5, 5.41) is 15.4. The third-order valence-corrected chi connectivity index (χ3v) is 4.47. The first-order valence-electron chi connectivity index (χ1n) is 7.83. The predicted octanol–water partition coefficient (Wildman–Crippen LogP) is 2.54. The topological polar surface area (TPSA) is 75.4 Å². The second-order valence-electron chi connectivity index (χ2n) is 6.14. The van der Waals surface area contributed by atoms with E-state index in [0.717, 1.165) is 35.6 Å². The number of hydrogen-bond acceptors (Lipinski definition) is 3. The molecule has 3 unspecified atom stereocenters. The summed E-state index contributed by atoms with van der Waals surface area (Å²) >= 11 is 0. The van der Waals surface area contributed by atoms with E-state index >= 15 is 0 Å². The minimum absolute atomic E-state index is 0. The lowest BCUT2D eigenvalue weighted by Gasteiger charge is -2.15. The van der Waals surface area contributed by atoms with Crippen molar-refractivity contribution in [2.45, 2.75) is 31.4 Å². The first kappa shape index (κ1) is 17.7. The highest BCUT2D eigenvalue weighted by atomic mass is 35.5. The average Bonchev–Trinajstić information content (AvgIpc) is 2.98. The molecular formula is C18H23ClN2O2. The summed E-state index contributed by atoms with van der Waals surface area (Å²) in [6.07, 6.45) is 1.81. The van der Waals surface area contributed by atoms with Crippen LogP contribution in [0.15, 0.2) is 42.5 Å². The minimum atomic E-state index is -0.691. The maximum Gasteiger partial charge on any atom is 0.223 e. The van der Waals surface area contributed by atoms with Gasteiger partial charge in [0.25, 0.3) is 0 Å². The number of rotatable bonds is 4. The Balaban J connectivity index is 0.00000192. The van der Waals surface area contributed by atoms with Crippen LogP contribution in [0.3, 0.4) is 0 Å². The molecule has 4 N–H and O–H groups in total. The summed E-state index contributed by atoms with van der Waals surface area (Å²) in [5.41, 5.74) is 6.65. The molecule has 0 aromatic heterocycles. The van der Waals surface area contributed by atoms with E-state index in [9.17, 15) is 9.90 Å². The van der Waals surface area contributed by atoms with Gasteiger partial charge in [-0.15, -0.1) is 12.4 Å². The lowest BCUT2D eigenvalue weighted by molar-refractivity contribution is -0.125. The van der Waals surface area contributed by atoms with Crippen LogP contribution in [-0.4, -0.2) is 23.6 Å². The van der Waals surface area contributed by atoms with Gasteiger partial charge in [0.2, 0.25) is 5.91 Å². The molecule has 1 saturated carbocycles. The fourth-order valence-corrected chi connectivity index (χ4v) is 3.13. The van der Waals surface area contributed by atoms with Gasteiger partial charge in [-0.05, 0) is 41.7 Å². The van der Waals surface area contributed by atoms with Crippen molar-refractivity contribution >= 4 is 29.1 Å². The predicted molar refractivity (Wildman–Crippen MR) is 94.5 cm³/mol. The Hall–Kier alpha value is -1.62. The van der Waals surface area contributed by atoms with Crippen LogP contribution in [0.5, 0.6) is 0 Å². The van der Waals surface area contributed by atoms with Crippen molar-refractivity contribution < 1.29 is 9.90 Å². The van der Waals surface area contributed by atoms with E-state index in [4.69, 9.17) is 5.73 Å². The lowest BCUT2D eigenvalue weighted by Crippen LogP contribution is -2.33. The monoisotopic (exact) mass is 334 g/mol. The summed E-state index contributed by atoms with van der Waals surface area (Å²) in [4.78, 5) is 12.1. The number of amides is 1. The second-order valence-corrected chi connectivity index (χ2v) is 6.14. The summed E-state index contributed by atoms with van der Waals surface area (Å²) < 4.78 is 0. The molecular weight excluding hydrogens is 312 g/mol. The van der Waals surface area contributed by atoms with E-state index in [2.05, 4.69) is 5.32 Å². The third-order valence-electron chi connectivity index (χ3n) is 4.47. The van der Waals surface area contributed by atoms with Gasteiger partial charge in [0.15, 0.2) is 0 Å². The Kier molecular flexibility index (Phi) is 5.99. The van der Waals surface area contributed by atoms with Crippen LogP contribution in [-0.2, 0) is 4.79 Å². The van der Waals surface area contributed by atoms with E-state index < -0.39 is 6.10 Å². The van der Waals surface area contributed by atoms with Gasteiger partial charge in [0, 0.05) is 18.5 Å². The van der Waals surface area contributed by atoms with Gasteiger partial charge in [-0.2, -0.15) is 0 Å². The number of aliphatic hydroxyl groups excluding tert-OH is 1. The van der Waals surface area contributed by atoms with Crippen molar-refractivity contribution in [3.63, 3.8) is 0 Å². The zero-order valence-electron chi connectivity index (χ0n) is 12.9. The average molecular weight is 335 g/mol. The molecule has 0 aliphatic heterocycles. The number of nitrogens with two attached hydrogens (primary N) is 1. The SMILES string of the molecule is Cl.NC1CCC(C(=O)NCC(O)c2ccc3ccccc3c2)C1. The van der Waals surface area contributed by atoms with E-state index in [0.29, 0.717) is 0 Å². The first-order chi connectivity index (χ1) is 10.6. The third kappa shape index (κ3) is 4.22. The van der Waals surface area contributed by atoms with Gasteiger partial charge < -0.3 is 16.2 Å². The standard InChI is InChI=1S/C18H22N2O2.ClH/c19-16-8-7-15(10-16)18(22)20-11-17(21)14-6-5-12-3-1-2-4-13(12)9-14;/h1-6,9,15-17,21H,7-8,10-11,19H2,(H,20,22);1H. The molecule has 1 aliphatic carbocycles. The van der Waals surface area contributed by atoms with Gasteiger partial charge in [-0.25, -0.2) is 0 Å². The maximum absolute atomic E-state index is 12.1. The van der Waals surface area contributed by atoms with Crippen molar-refractivity contribution in [1.29, 1.82) is 0 Å². The summed E-state index contributed by atoms with van der Waals surface area (Å²) in [7, 11) is 0. The molecule has 5 heteroatoms. The molecule has 1 amide bonds. The number of halogens is 1. The molecule has 0 radical (unpaired) electrons. The molecule has 124 valence electrons. The number of fused-ring (bicyclic) bond motifs is 1. The first-order valence-corrected chi connectivity index (χ1v) is 7.83. The zero-order valence-corrected chi connectivity index (χ0v) is 13.8. The highest BCUT2D eigenvalue weighted by molar-refractivity contribution is 5.85. The normalized spacial score (nSPS) is 21.7. The molecule has 3 atom stereocenters. The molecule has 1 fully saturated rings. The van der Waals surface area contributed by atoms with Crippen molar-refractivity contribution in [3.05, 3.63) is 48.0 Å². The van der Waals surface area contributed by atoms with E-state index in [1.807, 2.05) is 42.5 Å². The van der Waals surface area contributed by atoms with Gasteiger partial charge in [-0.3, -0.25) is 4.79 Å². The molecule has 3 rings (SSSR count). The van der Waals surface area contributed by atoms with Crippen LogP contribution in [0.2, 0.25) is 0 Å². The molecule has 0 spiro atoms. The van der Waals surface area contributed by atoms with Crippen LogP contribution in [0.4, 0.5) is 0 Å². The van der Waals surface area contributed by atoms with E-state index in [1.54, 1.807) is 0 Å². The van der Waals surface area contributed by atoms with Crippen molar-refractivity contribution in [2.75, 3.05) is 6.54 Å². The number of benzene rings is 2. The highest BCUT2D eigenvalue weighted by Crippen LogP contribution is 2.24. The fraction of sp³-hybridized carbons (Fsp3) is 0.389. The fourth-order valence-electron chi connectivity index (χ4n) is 3.13. The molecule has 0 bridgehead atoms. The summed E-state index contributed by atoms with van der Waals surface area (Å²) in [6.45, 7) is 0.239. The largest absolute Gasteiger partial charge is 0.387 e. The minimum Gasteiger partial charge on any atom is -0.387 e. The van der Waals surface area contributed by atoms with Crippen molar-refractivity contribution in [3.8, 4) is 0 Å². The zero-order chi connectivity index (χ0) is 15.5. The van der Waals surface area contributed by atoms with Crippen LogP contribution in [0.1, 0.15) is 30.9 Å². The molecule has 0 saturated heterocycles. The maximum atomic E-state index is 12.1. The van der Waals surface area contributed by atoms with Crippen LogP contribution < -0.4 is 11.1 Å². The Morgan fingerprint density at radius 3 is 2.65 bits per heavy atom. The van der Waals surface area contributed by atoms with Crippen LogP contribution in [0, 0.1) is 5.92 Å². The number of nitrogens with one attached hydrogen (secondary N) is 1. The summed E-state index contributed by atoms with van der Waals surface area (Å²) in [6, 6.07) is 14.0. The quantitative estimate of drug-likeness (QED) is 0.804. The van der Waals surface area contributed by atoms with E-state index in [1.165, 1.54) is 0 Å². The molecule has 2 aromatic rings. The lowest BCUT2D eigenvalue weighted by atomic mass is 10.0. The number of carbonyl (C=O) groups excluding carboxylic acids is 1. The molecule has 4 nitrogen and oxygen atoms in total. The summed E-state index contributed by atoms with van der Waals surface area (Å²) in [5.74, 6) is 0.00610. The number of aliphatic hydroxyl groups is 1. The Labute approximate surface area is 142 Å². The molecule has 0 heterocycles. The van der Waals surface area contributed by atoms with Gasteiger partial charge in [0.1, 0.15) is 0 Å². The van der Waals surface area contributed by atoms with Crippen molar-refractivity contribution in [2.24, 2.45) is 11.7 Å². The highest BCUT2D eigenvalue weighted by Gasteiger charge is 2.27. The van der Waals surface area contributed by atoms with Gasteiger partial charge >= 0.3 is 0 Å². The smallest absolute Gasteiger partial charge is 0.223 e. The van der Waals surface area contributed by atoms with Crippen LogP contribution >= 0.6 is 12.4 Å². The molecule has 23 heavy (non-hydrogen) atoms. The van der Waals surface area contributed by atoms with E-state index in [-0.39, 0.29) is 36.8 Å². The molecule has 1 aliphatic rings. The molecule has 2 aromatic carbocycles. The number of hydrogen-bond donors (Lipinski definition) is 3. The Morgan fingerprint density at radius 1 is 1.22 bits per heavy atom. The van der Waals surface area contributed by atoms with Gasteiger partial charge in [0.05, 0.1) is 6.10 Å².